The van der Waals surface area contributed by atoms with Crippen molar-refractivity contribution in [3.8, 4) is 0 Å². The summed E-state index contributed by atoms with van der Waals surface area (Å²) in [6.07, 6.45) is 66.3. The van der Waals surface area contributed by atoms with Crippen molar-refractivity contribution in [1.82, 2.24) is 0 Å². The van der Waals surface area contributed by atoms with Gasteiger partial charge in [-0.2, -0.15) is 0 Å². The highest BCUT2D eigenvalue weighted by Gasteiger charge is 2.19. The van der Waals surface area contributed by atoms with Crippen LogP contribution in [0.15, 0.2) is 60.8 Å². The van der Waals surface area contributed by atoms with Crippen molar-refractivity contribution in [3.05, 3.63) is 60.8 Å². The van der Waals surface area contributed by atoms with Crippen LogP contribution >= 0.6 is 0 Å². The summed E-state index contributed by atoms with van der Waals surface area (Å²) >= 11 is 0. The third-order valence-corrected chi connectivity index (χ3v) is 12.1. The lowest BCUT2D eigenvalue weighted by Gasteiger charge is -2.18. The maximum atomic E-state index is 12.8. The van der Waals surface area contributed by atoms with Gasteiger partial charge in [-0.15, -0.1) is 0 Å². The predicted molar refractivity (Wildman–Crippen MR) is 279 cm³/mol. The van der Waals surface area contributed by atoms with Gasteiger partial charge in [0.25, 0.3) is 0 Å². The van der Waals surface area contributed by atoms with E-state index < -0.39 is 6.10 Å². The summed E-state index contributed by atoms with van der Waals surface area (Å²) in [4.78, 5) is 38.1. The van der Waals surface area contributed by atoms with E-state index in [1.165, 1.54) is 154 Å². The van der Waals surface area contributed by atoms with Crippen molar-refractivity contribution in [2.24, 2.45) is 0 Å². The van der Waals surface area contributed by atoms with Crippen LogP contribution < -0.4 is 0 Å². The zero-order valence-electron chi connectivity index (χ0n) is 43.0. The molecule has 0 aromatic rings. The number of hydrogen-bond donors (Lipinski definition) is 0. The molecule has 0 aromatic carbocycles. The van der Waals surface area contributed by atoms with Crippen LogP contribution in [-0.4, -0.2) is 37.2 Å². The first kappa shape index (κ1) is 62.1. The molecular formula is C59H104O6. The molecule has 0 aliphatic rings. The highest BCUT2D eigenvalue weighted by molar-refractivity contribution is 5.71. The largest absolute Gasteiger partial charge is 0.462 e. The van der Waals surface area contributed by atoms with Gasteiger partial charge in [-0.25, -0.2) is 0 Å². The Balaban J connectivity index is 4.40. The highest BCUT2D eigenvalue weighted by atomic mass is 16.6. The molecule has 0 radical (unpaired) electrons. The fourth-order valence-corrected chi connectivity index (χ4v) is 7.92. The maximum absolute atomic E-state index is 12.8. The van der Waals surface area contributed by atoms with Crippen molar-refractivity contribution >= 4 is 17.9 Å². The predicted octanol–water partition coefficient (Wildman–Crippen LogP) is 18.4. The zero-order chi connectivity index (χ0) is 47.2. The Morgan fingerprint density at radius 3 is 0.985 bits per heavy atom. The summed E-state index contributed by atoms with van der Waals surface area (Å²) in [5.41, 5.74) is 0. The summed E-state index contributed by atoms with van der Waals surface area (Å²) in [6.45, 7) is 6.50. The SMILES string of the molecule is CC\C=C/C=C\C=C/C=C\CCCCCCCC(=O)OC(COC(=O)CCCCCCCCC/C=C\CCCCCCCC)COC(=O)CCCCCCCCCCCCCCCCC. The molecule has 0 N–H and O–H groups in total. The van der Waals surface area contributed by atoms with E-state index in [-0.39, 0.29) is 31.1 Å². The Labute approximate surface area is 402 Å². The molecule has 0 amide bonds. The van der Waals surface area contributed by atoms with Gasteiger partial charge in [0, 0.05) is 19.3 Å². The van der Waals surface area contributed by atoms with Crippen molar-refractivity contribution in [2.75, 3.05) is 13.2 Å². The average molecular weight is 909 g/mol. The van der Waals surface area contributed by atoms with Crippen LogP contribution in [0.25, 0.3) is 0 Å². The number of carbonyl (C=O) groups excluding carboxylic acids is 3. The minimum atomic E-state index is -0.786. The molecule has 0 spiro atoms. The van der Waals surface area contributed by atoms with Crippen LogP contribution in [0.5, 0.6) is 0 Å². The topological polar surface area (TPSA) is 78.9 Å². The molecule has 1 atom stereocenters. The molecule has 0 aliphatic heterocycles. The zero-order valence-corrected chi connectivity index (χ0v) is 43.0. The Morgan fingerprint density at radius 1 is 0.323 bits per heavy atom. The normalized spacial score (nSPS) is 12.5. The summed E-state index contributed by atoms with van der Waals surface area (Å²) in [5.74, 6) is -0.900. The van der Waals surface area contributed by atoms with E-state index in [9.17, 15) is 14.4 Å². The van der Waals surface area contributed by atoms with E-state index in [2.05, 4.69) is 63.3 Å². The monoisotopic (exact) mass is 909 g/mol. The minimum Gasteiger partial charge on any atom is -0.462 e. The number of unbranched alkanes of at least 4 members (excludes halogenated alkanes) is 32. The lowest BCUT2D eigenvalue weighted by molar-refractivity contribution is -0.167. The lowest BCUT2D eigenvalue weighted by Crippen LogP contribution is -2.30. The van der Waals surface area contributed by atoms with Gasteiger partial charge in [0.1, 0.15) is 13.2 Å². The first-order valence-electron chi connectivity index (χ1n) is 27.8. The molecule has 0 rings (SSSR count). The van der Waals surface area contributed by atoms with E-state index in [4.69, 9.17) is 14.2 Å². The van der Waals surface area contributed by atoms with Crippen LogP contribution in [0.1, 0.15) is 278 Å². The second-order valence-electron chi connectivity index (χ2n) is 18.6. The standard InChI is InChI=1S/C59H104O6/c1-4-7-10-13-16-19-22-25-28-29-32-34-37-40-43-46-49-52-58(61)64-55-56(65-59(62)53-50-47-44-41-38-35-31-27-24-21-18-15-12-9-6-3)54-63-57(60)51-48-45-42-39-36-33-30-26-23-20-17-14-11-8-5-2/h9,12,15,18,21,24-25,27-28,31,56H,4-8,10-11,13-14,16-17,19-20,22-23,26,29-30,32-55H2,1-3H3/b12-9-,18-15-,24-21-,28-25-,31-27-. The van der Waals surface area contributed by atoms with Crippen molar-refractivity contribution in [3.63, 3.8) is 0 Å². The molecule has 1 unspecified atom stereocenters. The van der Waals surface area contributed by atoms with Gasteiger partial charge in [-0.1, -0.05) is 255 Å². The van der Waals surface area contributed by atoms with Crippen LogP contribution in [0.3, 0.4) is 0 Å². The van der Waals surface area contributed by atoms with Crippen LogP contribution in [0.4, 0.5) is 0 Å². The average Bonchev–Trinajstić information content (AvgIpc) is 3.30. The molecule has 0 aromatic heterocycles. The molecule has 0 saturated carbocycles. The van der Waals surface area contributed by atoms with Gasteiger partial charge in [-0.05, 0) is 64.2 Å². The first-order valence-corrected chi connectivity index (χ1v) is 27.8. The number of carbonyl (C=O) groups is 3. The van der Waals surface area contributed by atoms with Gasteiger partial charge in [-0.3, -0.25) is 14.4 Å². The molecule has 0 bridgehead atoms. The Morgan fingerprint density at radius 2 is 0.615 bits per heavy atom. The Hall–Kier alpha value is -2.89. The van der Waals surface area contributed by atoms with Crippen molar-refractivity contribution in [2.45, 2.75) is 284 Å². The van der Waals surface area contributed by atoms with E-state index in [0.29, 0.717) is 19.3 Å². The number of ether oxygens (including phenoxy) is 3. The second kappa shape index (κ2) is 53.7. The van der Waals surface area contributed by atoms with E-state index in [0.717, 1.165) is 83.5 Å². The lowest BCUT2D eigenvalue weighted by atomic mass is 10.0. The summed E-state index contributed by atoms with van der Waals surface area (Å²) in [7, 11) is 0. The van der Waals surface area contributed by atoms with Gasteiger partial charge in [0.15, 0.2) is 6.10 Å². The van der Waals surface area contributed by atoms with E-state index >= 15 is 0 Å². The fraction of sp³-hybridized carbons (Fsp3) is 0.780. The molecule has 0 heterocycles. The Bertz CT molecular complexity index is 1180. The maximum Gasteiger partial charge on any atom is 0.306 e. The summed E-state index contributed by atoms with van der Waals surface area (Å²) in [5, 5.41) is 0. The third kappa shape index (κ3) is 51.9. The van der Waals surface area contributed by atoms with Crippen LogP contribution in [-0.2, 0) is 28.6 Å². The van der Waals surface area contributed by atoms with Gasteiger partial charge in [0.05, 0.1) is 0 Å². The molecule has 0 saturated heterocycles. The van der Waals surface area contributed by atoms with Crippen LogP contribution in [0, 0.1) is 0 Å². The number of hydrogen-bond acceptors (Lipinski definition) is 6. The smallest absolute Gasteiger partial charge is 0.306 e. The first-order chi connectivity index (χ1) is 32.0. The van der Waals surface area contributed by atoms with Gasteiger partial charge >= 0.3 is 17.9 Å². The molecule has 65 heavy (non-hydrogen) atoms. The van der Waals surface area contributed by atoms with E-state index in [1.54, 1.807) is 0 Å². The van der Waals surface area contributed by atoms with E-state index in [1.807, 2.05) is 18.2 Å². The molecule has 0 aliphatic carbocycles. The number of esters is 3. The second-order valence-corrected chi connectivity index (χ2v) is 18.6. The minimum absolute atomic E-state index is 0.0829. The van der Waals surface area contributed by atoms with Gasteiger partial charge < -0.3 is 14.2 Å². The van der Waals surface area contributed by atoms with Crippen molar-refractivity contribution in [1.29, 1.82) is 0 Å². The highest BCUT2D eigenvalue weighted by Crippen LogP contribution is 2.16. The summed E-state index contributed by atoms with van der Waals surface area (Å²) < 4.78 is 16.8. The molecular weight excluding hydrogens is 805 g/mol. The number of rotatable bonds is 50. The van der Waals surface area contributed by atoms with Gasteiger partial charge in [0.2, 0.25) is 0 Å². The molecule has 376 valence electrons. The molecule has 6 heteroatoms. The van der Waals surface area contributed by atoms with Crippen LogP contribution in [0.2, 0.25) is 0 Å². The number of allylic oxidation sites excluding steroid dienone is 10. The van der Waals surface area contributed by atoms with Crippen molar-refractivity contribution < 1.29 is 28.6 Å². The Kier molecular flexibility index (Phi) is 51.3. The fourth-order valence-electron chi connectivity index (χ4n) is 7.92. The third-order valence-electron chi connectivity index (χ3n) is 12.1. The molecule has 0 fully saturated rings. The quantitative estimate of drug-likeness (QED) is 0.0199. The summed E-state index contributed by atoms with van der Waals surface area (Å²) in [6, 6.07) is 0. The molecule has 6 nitrogen and oxygen atoms in total.